The number of carbonyl (C=O) groups excluding carboxylic acids is 1. The van der Waals surface area contributed by atoms with E-state index in [1.54, 1.807) is 6.92 Å². The monoisotopic (exact) mass is 237 g/mol. The summed E-state index contributed by atoms with van der Waals surface area (Å²) in [6, 6.07) is 2.65. The Hall–Kier alpha value is -1.10. The van der Waals surface area contributed by atoms with E-state index < -0.39 is 18.4 Å². The van der Waals surface area contributed by atoms with Crippen molar-refractivity contribution >= 4 is 17.4 Å². The van der Waals surface area contributed by atoms with Crippen LogP contribution in [0.4, 0.5) is 13.2 Å². The van der Waals surface area contributed by atoms with Gasteiger partial charge in [-0.15, -0.1) is 0 Å². The summed E-state index contributed by atoms with van der Waals surface area (Å²) in [5.41, 5.74) is 0.697. The average Bonchev–Trinajstić information content (AvgIpc) is 1.99. The Morgan fingerprint density at radius 3 is 2.53 bits per heavy atom. The zero-order valence-corrected chi connectivity index (χ0v) is 8.49. The lowest BCUT2D eigenvalue weighted by atomic mass is 10.1. The van der Waals surface area contributed by atoms with E-state index >= 15 is 0 Å². The summed E-state index contributed by atoms with van der Waals surface area (Å²) in [6.45, 7) is 1.59. The van der Waals surface area contributed by atoms with Gasteiger partial charge in [-0.3, -0.25) is 4.79 Å². The Morgan fingerprint density at radius 2 is 2.07 bits per heavy atom. The van der Waals surface area contributed by atoms with Gasteiger partial charge in [0.15, 0.2) is 0 Å². The van der Waals surface area contributed by atoms with Crippen molar-refractivity contribution in [3.8, 4) is 0 Å². The number of halogens is 4. The Balaban J connectivity index is 2.86. The van der Waals surface area contributed by atoms with E-state index in [1.165, 1.54) is 12.1 Å². The first-order valence-corrected chi connectivity index (χ1v) is 4.40. The van der Waals surface area contributed by atoms with Gasteiger partial charge in [-0.2, -0.15) is 13.2 Å². The molecule has 0 saturated carbocycles. The van der Waals surface area contributed by atoms with Crippen LogP contribution in [0, 0.1) is 6.92 Å². The fourth-order valence-electron chi connectivity index (χ4n) is 1.08. The van der Waals surface area contributed by atoms with E-state index in [0.29, 0.717) is 5.69 Å². The third-order valence-corrected chi connectivity index (χ3v) is 1.86. The van der Waals surface area contributed by atoms with Crippen LogP contribution in [0.3, 0.4) is 0 Å². The normalized spacial score (nSPS) is 11.5. The Labute approximate surface area is 89.1 Å². The molecule has 0 radical (unpaired) electrons. The highest BCUT2D eigenvalue weighted by molar-refractivity contribution is 6.29. The second kappa shape index (κ2) is 4.18. The van der Waals surface area contributed by atoms with E-state index in [1.807, 2.05) is 0 Å². The molecule has 0 saturated heterocycles. The molecule has 0 amide bonds. The topological polar surface area (TPSA) is 30.0 Å². The molecule has 82 valence electrons. The number of hydrogen-bond donors (Lipinski definition) is 0. The second-order valence-corrected chi connectivity index (χ2v) is 3.42. The van der Waals surface area contributed by atoms with Crippen molar-refractivity contribution in [3.05, 3.63) is 28.5 Å². The zero-order valence-electron chi connectivity index (χ0n) is 7.73. The lowest BCUT2D eigenvalue weighted by Gasteiger charge is -2.05. The molecule has 0 N–H and O–H groups in total. The first-order chi connectivity index (χ1) is 6.79. The first kappa shape index (κ1) is 12.0. The van der Waals surface area contributed by atoms with Crippen molar-refractivity contribution in [2.75, 3.05) is 0 Å². The number of ketones is 1. The number of Topliss-reactive ketones (excluding diaryl/α,β-unsaturated/α-hetero) is 1. The number of nitrogens with zero attached hydrogens (tertiary/aromatic N) is 1. The maximum Gasteiger partial charge on any atom is 0.450 e. The van der Waals surface area contributed by atoms with Crippen LogP contribution in [0.25, 0.3) is 0 Å². The summed E-state index contributed by atoms with van der Waals surface area (Å²) < 4.78 is 35.8. The van der Waals surface area contributed by atoms with E-state index in [9.17, 15) is 18.0 Å². The van der Waals surface area contributed by atoms with Crippen LogP contribution in [0.15, 0.2) is 12.1 Å². The Bertz CT molecular complexity index is 369. The third kappa shape index (κ3) is 3.51. The van der Waals surface area contributed by atoms with Gasteiger partial charge >= 0.3 is 6.18 Å². The van der Waals surface area contributed by atoms with Crippen molar-refractivity contribution < 1.29 is 18.0 Å². The molecule has 0 aliphatic carbocycles. The molecule has 0 aliphatic rings. The van der Waals surface area contributed by atoms with Gasteiger partial charge in [-0.05, 0) is 24.6 Å². The molecule has 1 rings (SSSR count). The van der Waals surface area contributed by atoms with Crippen LogP contribution in [0.5, 0.6) is 0 Å². The van der Waals surface area contributed by atoms with Crippen molar-refractivity contribution in [2.45, 2.75) is 19.5 Å². The van der Waals surface area contributed by atoms with Crippen LogP contribution in [0.2, 0.25) is 5.15 Å². The highest BCUT2D eigenvalue weighted by Gasteiger charge is 2.37. The van der Waals surface area contributed by atoms with E-state index in [0.717, 1.165) is 0 Å². The lowest BCUT2D eigenvalue weighted by Crippen LogP contribution is -2.24. The van der Waals surface area contributed by atoms with Crippen LogP contribution in [-0.4, -0.2) is 16.9 Å². The quantitative estimate of drug-likeness (QED) is 0.741. The van der Waals surface area contributed by atoms with Gasteiger partial charge in [0.2, 0.25) is 5.78 Å². The molecule has 0 fully saturated rings. The zero-order chi connectivity index (χ0) is 11.6. The minimum atomic E-state index is -4.80. The molecule has 0 atom stereocenters. The number of pyridine rings is 1. The molecule has 15 heavy (non-hydrogen) atoms. The summed E-state index contributed by atoms with van der Waals surface area (Å²) in [5.74, 6) is -1.79. The number of aromatic nitrogens is 1. The molecular weight excluding hydrogens is 231 g/mol. The molecular formula is C9H7ClF3NO. The summed E-state index contributed by atoms with van der Waals surface area (Å²) in [5, 5.41) is 0.0833. The molecule has 0 unspecified atom stereocenters. The van der Waals surface area contributed by atoms with Crippen molar-refractivity contribution in [3.63, 3.8) is 0 Å². The fourth-order valence-corrected chi connectivity index (χ4v) is 1.36. The molecule has 0 aliphatic heterocycles. The molecule has 1 heterocycles. The maximum atomic E-state index is 11.9. The number of aryl methyl sites for hydroxylation is 1. The standard InChI is InChI=1S/C9H7ClF3NO/c1-5-2-6(4-8(10)14-5)3-7(15)9(11,12)13/h2,4H,3H2,1H3. The highest BCUT2D eigenvalue weighted by Crippen LogP contribution is 2.20. The second-order valence-electron chi connectivity index (χ2n) is 3.04. The summed E-state index contributed by atoms with van der Waals surface area (Å²) in [6.07, 6.45) is -5.50. The number of alkyl halides is 3. The SMILES string of the molecule is Cc1cc(CC(=O)C(F)(F)F)cc(Cl)n1. The van der Waals surface area contributed by atoms with Crippen LogP contribution >= 0.6 is 11.6 Å². The maximum absolute atomic E-state index is 11.9. The van der Waals surface area contributed by atoms with Crippen molar-refractivity contribution in [1.29, 1.82) is 0 Å². The molecule has 6 heteroatoms. The highest BCUT2D eigenvalue weighted by atomic mass is 35.5. The Kier molecular flexibility index (Phi) is 3.34. The van der Waals surface area contributed by atoms with Crippen molar-refractivity contribution in [1.82, 2.24) is 4.98 Å². The van der Waals surface area contributed by atoms with Crippen molar-refractivity contribution in [2.24, 2.45) is 0 Å². The molecule has 1 aromatic heterocycles. The summed E-state index contributed by atoms with van der Waals surface area (Å²) in [4.78, 5) is 14.4. The molecule has 2 nitrogen and oxygen atoms in total. The molecule has 0 spiro atoms. The first-order valence-electron chi connectivity index (χ1n) is 4.02. The van der Waals surface area contributed by atoms with Gasteiger partial charge in [-0.25, -0.2) is 4.98 Å². The van der Waals surface area contributed by atoms with Crippen LogP contribution < -0.4 is 0 Å². The largest absolute Gasteiger partial charge is 0.450 e. The van der Waals surface area contributed by atoms with Gasteiger partial charge in [0.25, 0.3) is 0 Å². The predicted octanol–water partition coefficient (Wildman–Crippen LogP) is 2.72. The number of rotatable bonds is 2. The van der Waals surface area contributed by atoms with Gasteiger partial charge in [0, 0.05) is 12.1 Å². The van der Waals surface area contributed by atoms with E-state index in [4.69, 9.17) is 11.6 Å². The van der Waals surface area contributed by atoms with E-state index in [2.05, 4.69) is 4.98 Å². The fraction of sp³-hybridized carbons (Fsp3) is 0.333. The minimum Gasteiger partial charge on any atom is -0.289 e. The average molecular weight is 238 g/mol. The lowest BCUT2D eigenvalue weighted by molar-refractivity contribution is -0.170. The predicted molar refractivity (Wildman–Crippen MR) is 48.8 cm³/mol. The molecule has 1 aromatic rings. The van der Waals surface area contributed by atoms with Gasteiger partial charge in [0.05, 0.1) is 0 Å². The van der Waals surface area contributed by atoms with Gasteiger partial charge in [0.1, 0.15) is 5.15 Å². The Morgan fingerprint density at radius 1 is 1.47 bits per heavy atom. The third-order valence-electron chi connectivity index (χ3n) is 1.66. The van der Waals surface area contributed by atoms with Crippen LogP contribution in [0.1, 0.15) is 11.3 Å². The van der Waals surface area contributed by atoms with Gasteiger partial charge in [-0.1, -0.05) is 11.6 Å². The van der Waals surface area contributed by atoms with E-state index in [-0.39, 0.29) is 10.7 Å². The summed E-state index contributed by atoms with van der Waals surface area (Å²) in [7, 11) is 0. The minimum absolute atomic E-state index is 0.0833. The number of hydrogen-bond acceptors (Lipinski definition) is 2. The summed E-state index contributed by atoms with van der Waals surface area (Å²) >= 11 is 5.54. The molecule has 0 aromatic carbocycles. The van der Waals surface area contributed by atoms with Gasteiger partial charge < -0.3 is 0 Å². The smallest absolute Gasteiger partial charge is 0.289 e. The van der Waals surface area contributed by atoms with Crippen LogP contribution in [-0.2, 0) is 11.2 Å². The molecule has 0 bridgehead atoms. The number of carbonyl (C=O) groups is 1.